The number of nitrogens with zero attached hydrogens (tertiary/aromatic N) is 10. The number of H-pyrrole nitrogens is 1. The molecule has 20 rings (SSSR count). The van der Waals surface area contributed by atoms with Crippen LogP contribution in [0.4, 0.5) is 40.6 Å². The summed E-state index contributed by atoms with van der Waals surface area (Å²) in [6, 6.07) is 39.1. The molecule has 0 radical (unpaired) electrons. The van der Waals surface area contributed by atoms with Gasteiger partial charge in [0.05, 0.1) is 32.0 Å². The molecular weight excluding hydrogens is 2020 g/mol. The Hall–Kier alpha value is -10.7. The van der Waals surface area contributed by atoms with Crippen molar-refractivity contribution in [2.45, 2.75) is 276 Å². The van der Waals surface area contributed by atoms with Gasteiger partial charge in [0.2, 0.25) is 76.2 Å². The second kappa shape index (κ2) is 44.7. The lowest BCUT2D eigenvalue weighted by Gasteiger charge is -2.18. The number of aliphatic imine (C=N–C) groups is 2. The van der Waals surface area contributed by atoms with Crippen molar-refractivity contribution in [2.75, 3.05) is 47.6 Å². The molecule has 1 aliphatic heterocycles. The van der Waals surface area contributed by atoms with Gasteiger partial charge >= 0.3 is 0 Å². The van der Waals surface area contributed by atoms with Gasteiger partial charge in [0.25, 0.3) is 5.16 Å². The second-order valence-electron chi connectivity index (χ2n) is 40.9. The number of carbonyl (C=O) groups excluding carboxylic acids is 4. The normalized spacial score (nSPS) is 15.1. The first kappa shape index (κ1) is 103. The number of hydrogen-bond donors (Lipinski definition) is 9. The third kappa shape index (κ3) is 24.9. The number of aryl methyl sites for hydroxylation is 8. The van der Waals surface area contributed by atoms with Crippen molar-refractivity contribution in [1.82, 2.24) is 44.3 Å². The number of aromatic nitrogens is 9. The van der Waals surface area contributed by atoms with E-state index >= 15 is 0 Å². The maximum atomic E-state index is 13.6. The molecule has 744 valence electrons. The second-order valence-corrected chi connectivity index (χ2v) is 63.9. The quantitative estimate of drug-likeness (QED) is 0.00843. The van der Waals surface area contributed by atoms with Crippen LogP contribution in [0.1, 0.15) is 182 Å². The smallest absolute Gasteiger partial charge is 0.273 e. The Kier molecular flexibility index (Phi) is 32.7. The van der Waals surface area contributed by atoms with Crippen LogP contribution in [0.3, 0.4) is 0 Å². The minimum atomic E-state index is -4.22. The number of amidine groups is 2. The molecule has 141 heavy (non-hydrogen) atoms. The van der Waals surface area contributed by atoms with E-state index in [1.165, 1.54) is 180 Å². The monoisotopic (exact) mass is 2150 g/mol. The van der Waals surface area contributed by atoms with Gasteiger partial charge in [-0.2, -0.15) is 15.0 Å². The van der Waals surface area contributed by atoms with Gasteiger partial charge in [-0.3, -0.25) is 24.3 Å². The Morgan fingerprint density at radius 1 is 0.418 bits per heavy atom. The largest absolute Gasteiger partial charge is 0.366 e. The Bertz CT molecular complexity index is 6870. The topological polar surface area (TPSA) is 436 Å². The zero-order valence-corrected chi connectivity index (χ0v) is 90.3. The van der Waals surface area contributed by atoms with Crippen LogP contribution in [0.5, 0.6) is 0 Å². The number of hydrogen-bond acceptors (Lipinski definition) is 24. The number of aromatic amines is 1. The fraction of sp³-hybridized carbons (Fsp3) is 0.417. The lowest BCUT2D eigenvalue weighted by atomic mass is 9.98. The molecule has 4 heterocycles. The SMILES string of the molecule is C[Si](C)(C)CCOCn1[nH]c(=S)nc1Nc1c2c(cc3c1CCC3)CCC2.C[Si](C)(C)CCOCn1nc(S(=O)(=O)c2ccccc2C(N)=O)nc1Nc1c2c(cc3c1CCC3)CCC2.C[Si](C)(C)CCOCn1nc(Sc2ccccc2C(N)=O)nc1Nc1c2c(cc3c1CCC3)CCC2.NC(=O)c1ccccc1I.NC(=O)c1ccccc1S(=O)(=O)C1=NCC(Nc2c3c(cc4c2CCC4)CCC3)=N1. The third-order valence-electron chi connectivity index (χ3n) is 27.0. The molecule has 0 saturated carbocycles. The molecule has 4 amide bonds. The van der Waals surface area contributed by atoms with Crippen molar-refractivity contribution in [3.63, 3.8) is 0 Å². The highest BCUT2D eigenvalue weighted by Gasteiger charge is 2.36. The minimum absolute atomic E-state index is 0.0595. The molecule has 11 aromatic rings. The number of halogens is 1. The number of benzene rings is 8. The fourth-order valence-electron chi connectivity index (χ4n) is 19.7. The molecule has 0 atom stereocenters. The Labute approximate surface area is 851 Å². The molecule has 38 heteroatoms. The molecule has 8 aromatic carbocycles. The number of amides is 4. The van der Waals surface area contributed by atoms with E-state index in [-0.39, 0.29) is 45.3 Å². The van der Waals surface area contributed by atoms with Gasteiger partial charge in [0, 0.05) is 75.3 Å². The van der Waals surface area contributed by atoms with Crippen LogP contribution in [0.25, 0.3) is 0 Å². The number of nitrogens with one attached hydrogen (secondary N) is 5. The molecule has 30 nitrogen and oxygen atoms in total. The molecule has 3 aromatic heterocycles. The van der Waals surface area contributed by atoms with Crippen molar-refractivity contribution in [2.24, 2.45) is 32.9 Å². The maximum absolute atomic E-state index is 13.6. The molecule has 0 spiro atoms. The summed E-state index contributed by atoms with van der Waals surface area (Å²) >= 11 is 8.72. The molecule has 0 bridgehead atoms. The number of fused-ring (bicyclic) bond motifs is 8. The average molecular weight is 2150 g/mol. The Balaban J connectivity index is 0.000000132. The van der Waals surface area contributed by atoms with Crippen molar-refractivity contribution in [3.05, 3.63) is 241 Å². The summed E-state index contributed by atoms with van der Waals surface area (Å²) < 4.78 is 77.8. The Morgan fingerprint density at radius 3 is 1.15 bits per heavy atom. The number of nitrogens with two attached hydrogens (primary N) is 4. The first-order valence-electron chi connectivity index (χ1n) is 48.9. The molecule has 0 unspecified atom stereocenters. The Morgan fingerprint density at radius 2 is 0.759 bits per heavy atom. The zero-order chi connectivity index (χ0) is 99.8. The third-order valence-corrected chi connectivity index (χ3v) is 37.4. The van der Waals surface area contributed by atoms with Gasteiger partial charge < -0.3 is 58.4 Å². The number of carbonyl (C=O) groups is 4. The summed E-state index contributed by atoms with van der Waals surface area (Å²) in [5.74, 6) is -0.190. The number of rotatable bonds is 31. The van der Waals surface area contributed by atoms with Crippen LogP contribution in [0.15, 0.2) is 156 Å². The van der Waals surface area contributed by atoms with E-state index in [4.69, 9.17) is 59.4 Å². The summed E-state index contributed by atoms with van der Waals surface area (Å²) in [6.07, 6.45) is 26.8. The highest BCUT2D eigenvalue weighted by atomic mass is 127. The van der Waals surface area contributed by atoms with E-state index in [1.54, 1.807) is 42.5 Å². The van der Waals surface area contributed by atoms with Crippen LogP contribution in [-0.2, 0) is 157 Å². The first-order valence-corrected chi connectivity index (χ1v) is 65.3. The molecule has 0 saturated heterocycles. The number of anilines is 7. The highest BCUT2D eigenvalue weighted by molar-refractivity contribution is 14.1. The van der Waals surface area contributed by atoms with Gasteiger partial charge in [-0.05, 0) is 356 Å². The number of ether oxygens (including phenoxy) is 3. The molecule has 0 fully saturated rings. The molecule has 13 N–H and O–H groups in total. The van der Waals surface area contributed by atoms with E-state index in [0.29, 0.717) is 65.5 Å². The summed E-state index contributed by atoms with van der Waals surface area (Å²) in [7, 11) is -11.8. The molecule has 8 aliphatic carbocycles. The maximum Gasteiger partial charge on any atom is 0.273 e. The van der Waals surface area contributed by atoms with E-state index in [1.807, 2.05) is 39.7 Å². The van der Waals surface area contributed by atoms with Crippen LogP contribution >= 0.6 is 46.6 Å². The summed E-state index contributed by atoms with van der Waals surface area (Å²) in [4.78, 5) is 68.9. The van der Waals surface area contributed by atoms with Crippen molar-refractivity contribution < 1.29 is 50.2 Å². The van der Waals surface area contributed by atoms with Crippen molar-refractivity contribution in [1.29, 1.82) is 0 Å². The number of sulfone groups is 2. The lowest BCUT2D eigenvalue weighted by molar-refractivity contribution is 0.0791. The van der Waals surface area contributed by atoms with E-state index in [0.717, 1.165) is 166 Å². The highest BCUT2D eigenvalue weighted by Crippen LogP contribution is 2.46. The summed E-state index contributed by atoms with van der Waals surface area (Å²) in [6.45, 7) is 24.0. The summed E-state index contributed by atoms with van der Waals surface area (Å²) in [5.41, 5.74) is 49.5. The van der Waals surface area contributed by atoms with E-state index < -0.39 is 66.8 Å². The van der Waals surface area contributed by atoms with Gasteiger partial charge in [0.15, 0.2) is 0 Å². The van der Waals surface area contributed by atoms with Crippen LogP contribution in [0, 0.1) is 8.34 Å². The van der Waals surface area contributed by atoms with Crippen LogP contribution < -0.4 is 44.2 Å². The zero-order valence-electron chi connectivity index (χ0n) is 81.9. The van der Waals surface area contributed by atoms with E-state index in [2.05, 4.69) is 157 Å². The first-order chi connectivity index (χ1) is 67.4. The predicted molar refractivity (Wildman–Crippen MR) is 574 cm³/mol. The standard InChI is InChI=1S/C27H35N5O4SSi.C27H35N5O2SSi.C22H22N4O3S.C20H30N4OSSi.C7H6INO/c1-38(2,3)15-14-36-17-32-26(29-24-20-11-6-8-18(20)16-19-9-7-12-21(19)24)30-27(31-32)37(34,35)23-13-5-4-10-22(23)25(28)33;1-36(2,3)15-14-34-17-32-26(30-27(31-32)35-23-13-5-4-10-22(23)25(28)33)29-24-20-11-6-8-18(20)16-19-9-7-12-21(19)24;23-21(27)17-7-1-2-10-18(17)30(28,29)22-24-12-19(26-22)25-20-15-8-3-5-13(15)11-14-6-4-9-16(14)20;1-27(2,3)11-10-25-13-24-19(22-20(26)23-24)21-18-16-8-4-6-14(16)12-15-7-5-9-17(15)18;8-6-4-2-1-3-5(6)7(9)10/h4-5,10,13,16H,6-9,11-12,14-15,17H2,1-3H3,(H2,28,33)(H,29,30,31);4-5,10,13,16H,6-9,11-12,14-15,17H2,1-3H3,(H2,28,33)(H,29,30,31);1-2,7,10-11H,3-6,8-9,12H2,(H2,23,27)(H,24,25,26);12H,4-11,13H2,1-3H3,(H2,21,22,23,26);1-4H,(H2,9,10). The van der Waals surface area contributed by atoms with Gasteiger partial charge in [0.1, 0.15) is 32.6 Å². The van der Waals surface area contributed by atoms with Crippen molar-refractivity contribution in [3.8, 4) is 0 Å². The lowest BCUT2D eigenvalue weighted by Crippen LogP contribution is -2.22. The van der Waals surface area contributed by atoms with Crippen LogP contribution in [0.2, 0.25) is 77.1 Å². The van der Waals surface area contributed by atoms with E-state index in [9.17, 15) is 36.0 Å². The van der Waals surface area contributed by atoms with Gasteiger partial charge in [-0.15, -0.1) is 10.2 Å². The average Bonchev–Trinajstić information content (AvgIpc) is 1.61. The van der Waals surface area contributed by atoms with Gasteiger partial charge in [-0.25, -0.2) is 40.9 Å². The van der Waals surface area contributed by atoms with Crippen molar-refractivity contribution >= 4 is 166 Å². The predicted octanol–water partition coefficient (Wildman–Crippen LogP) is 18.6. The van der Waals surface area contributed by atoms with Crippen LogP contribution in [-0.4, -0.2) is 146 Å². The fourth-order valence-corrected chi connectivity index (χ4v) is 26.4. The molecular formula is C103H128IN19O11S4Si3. The van der Waals surface area contributed by atoms with Gasteiger partial charge in [-0.1, -0.05) is 132 Å². The summed E-state index contributed by atoms with van der Waals surface area (Å²) in [5, 5.41) is 26.4. The number of primary amides is 4. The minimum Gasteiger partial charge on any atom is -0.366 e. The molecule has 9 aliphatic rings.